The first-order valence-electron chi connectivity index (χ1n) is 5.16. The maximum Gasteiger partial charge on any atom is 0.220 e. The Morgan fingerprint density at radius 3 is 2.94 bits per heavy atom. The lowest BCUT2D eigenvalue weighted by Crippen LogP contribution is -2.25. The number of amides is 1. The Morgan fingerprint density at radius 2 is 2.24 bits per heavy atom. The van der Waals surface area contributed by atoms with Gasteiger partial charge in [0.1, 0.15) is 6.10 Å². The number of nitrogens with one attached hydrogen (secondary N) is 1. The summed E-state index contributed by atoms with van der Waals surface area (Å²) in [6, 6.07) is 5.21. The molecule has 2 atom stereocenters. The zero-order chi connectivity index (χ0) is 12.4. The van der Waals surface area contributed by atoms with E-state index < -0.39 is 18.1 Å². The van der Waals surface area contributed by atoms with Gasteiger partial charge in [-0.15, -0.1) is 0 Å². The minimum Gasteiger partial charge on any atom is -0.390 e. The second kappa shape index (κ2) is 4.52. The van der Waals surface area contributed by atoms with Gasteiger partial charge in [0.15, 0.2) is 0 Å². The molecule has 2 rings (SSSR count). The first-order valence-corrected chi connectivity index (χ1v) is 5.16. The molecule has 1 heterocycles. The molecule has 0 radical (unpaired) electrons. The van der Waals surface area contributed by atoms with Crippen molar-refractivity contribution in [2.45, 2.75) is 18.6 Å². The molecular formula is C11H13N3O3. The topological polar surface area (TPSA) is 112 Å². The van der Waals surface area contributed by atoms with Gasteiger partial charge in [-0.2, -0.15) is 5.10 Å². The third-order valence-corrected chi connectivity index (χ3v) is 2.61. The Kier molecular flexibility index (Phi) is 3.08. The third kappa shape index (κ3) is 2.27. The second-order valence-corrected chi connectivity index (χ2v) is 3.86. The van der Waals surface area contributed by atoms with Crippen molar-refractivity contribution in [3.8, 4) is 0 Å². The van der Waals surface area contributed by atoms with Gasteiger partial charge in [0, 0.05) is 5.39 Å². The van der Waals surface area contributed by atoms with Gasteiger partial charge in [-0.25, -0.2) is 0 Å². The molecule has 0 bridgehead atoms. The molecule has 6 nitrogen and oxygen atoms in total. The molecule has 1 amide bonds. The van der Waals surface area contributed by atoms with Crippen LogP contribution >= 0.6 is 0 Å². The van der Waals surface area contributed by atoms with E-state index in [-0.39, 0.29) is 6.42 Å². The highest BCUT2D eigenvalue weighted by atomic mass is 16.3. The lowest BCUT2D eigenvalue weighted by atomic mass is 9.99. The minimum atomic E-state index is -1.21. The largest absolute Gasteiger partial charge is 0.390 e. The molecule has 1 aromatic carbocycles. The summed E-state index contributed by atoms with van der Waals surface area (Å²) in [5.41, 5.74) is 6.25. The fraction of sp³-hybridized carbons (Fsp3) is 0.273. The molecule has 0 saturated carbocycles. The number of fused-ring (bicyclic) bond motifs is 1. The number of aromatic amines is 1. The molecule has 2 aromatic rings. The van der Waals surface area contributed by atoms with Crippen LogP contribution in [0, 0.1) is 0 Å². The first kappa shape index (κ1) is 11.6. The van der Waals surface area contributed by atoms with E-state index in [2.05, 4.69) is 10.2 Å². The predicted molar refractivity (Wildman–Crippen MR) is 60.9 cm³/mol. The molecule has 0 fully saturated rings. The van der Waals surface area contributed by atoms with E-state index in [4.69, 9.17) is 5.73 Å². The first-order chi connectivity index (χ1) is 8.09. The Bertz CT molecular complexity index is 537. The van der Waals surface area contributed by atoms with Gasteiger partial charge in [-0.3, -0.25) is 9.89 Å². The van der Waals surface area contributed by atoms with Crippen molar-refractivity contribution >= 4 is 16.8 Å². The molecular weight excluding hydrogens is 222 g/mol. The van der Waals surface area contributed by atoms with Crippen molar-refractivity contribution in [3.63, 3.8) is 0 Å². The smallest absolute Gasteiger partial charge is 0.220 e. The van der Waals surface area contributed by atoms with Gasteiger partial charge in [0.25, 0.3) is 0 Å². The lowest BCUT2D eigenvalue weighted by Gasteiger charge is -2.17. The van der Waals surface area contributed by atoms with Gasteiger partial charge < -0.3 is 15.9 Å². The summed E-state index contributed by atoms with van der Waals surface area (Å²) < 4.78 is 0. The standard InChI is InChI=1S/C11H13N3O3/c12-10(16)4-9(15)11(17)6-2-1-3-8-7(6)5-13-14-8/h1-3,5,9,11,15,17H,4H2,(H2,12,16)(H,13,14). The van der Waals surface area contributed by atoms with E-state index in [9.17, 15) is 15.0 Å². The van der Waals surface area contributed by atoms with Gasteiger partial charge in [0.2, 0.25) is 5.91 Å². The van der Waals surface area contributed by atoms with Crippen LogP contribution in [0.4, 0.5) is 0 Å². The SMILES string of the molecule is NC(=O)CC(O)C(O)c1cccc2[nH]ncc12. The number of rotatable bonds is 4. The van der Waals surface area contributed by atoms with Gasteiger partial charge in [0.05, 0.1) is 24.2 Å². The van der Waals surface area contributed by atoms with E-state index in [1.807, 2.05) is 0 Å². The van der Waals surface area contributed by atoms with Crippen LogP contribution in [0.1, 0.15) is 18.1 Å². The Hall–Kier alpha value is -1.92. The minimum absolute atomic E-state index is 0.282. The van der Waals surface area contributed by atoms with Crippen molar-refractivity contribution in [2.24, 2.45) is 5.73 Å². The zero-order valence-corrected chi connectivity index (χ0v) is 9.00. The van der Waals surface area contributed by atoms with Crippen LogP contribution < -0.4 is 5.73 Å². The number of hydrogen-bond donors (Lipinski definition) is 4. The Balaban J connectivity index is 2.32. The van der Waals surface area contributed by atoms with Crippen LogP contribution in [0.3, 0.4) is 0 Å². The number of benzene rings is 1. The molecule has 17 heavy (non-hydrogen) atoms. The molecule has 0 spiro atoms. The summed E-state index contributed by atoms with van der Waals surface area (Å²) in [6.45, 7) is 0. The second-order valence-electron chi connectivity index (χ2n) is 3.86. The van der Waals surface area contributed by atoms with E-state index in [1.54, 1.807) is 24.4 Å². The Morgan fingerprint density at radius 1 is 1.47 bits per heavy atom. The van der Waals surface area contributed by atoms with E-state index >= 15 is 0 Å². The van der Waals surface area contributed by atoms with Crippen LogP contribution in [0.5, 0.6) is 0 Å². The van der Waals surface area contributed by atoms with Gasteiger partial charge in [-0.1, -0.05) is 12.1 Å². The molecule has 0 aliphatic carbocycles. The monoisotopic (exact) mass is 235 g/mol. The number of aromatic nitrogens is 2. The summed E-state index contributed by atoms with van der Waals surface area (Å²) in [4.78, 5) is 10.7. The molecule has 90 valence electrons. The molecule has 2 unspecified atom stereocenters. The molecule has 5 N–H and O–H groups in total. The maximum atomic E-state index is 10.7. The predicted octanol–water partition coefficient (Wildman–Crippen LogP) is -0.167. The zero-order valence-electron chi connectivity index (χ0n) is 9.00. The van der Waals surface area contributed by atoms with E-state index in [0.717, 1.165) is 5.52 Å². The summed E-state index contributed by atoms with van der Waals surface area (Å²) in [5.74, 6) is -0.657. The average Bonchev–Trinajstić information content (AvgIpc) is 2.74. The van der Waals surface area contributed by atoms with Crippen molar-refractivity contribution < 1.29 is 15.0 Å². The van der Waals surface area contributed by atoms with Crippen LogP contribution in [0.2, 0.25) is 0 Å². The lowest BCUT2D eigenvalue weighted by molar-refractivity contribution is -0.121. The van der Waals surface area contributed by atoms with Crippen molar-refractivity contribution in [2.75, 3.05) is 0 Å². The van der Waals surface area contributed by atoms with Crippen molar-refractivity contribution in [1.82, 2.24) is 10.2 Å². The van der Waals surface area contributed by atoms with Crippen LogP contribution in [0.25, 0.3) is 10.9 Å². The van der Waals surface area contributed by atoms with E-state index in [1.165, 1.54) is 0 Å². The summed E-state index contributed by atoms with van der Waals surface area (Å²) in [5, 5.41) is 26.9. The number of nitrogens with zero attached hydrogens (tertiary/aromatic N) is 1. The van der Waals surface area contributed by atoms with Crippen LogP contribution in [-0.4, -0.2) is 32.4 Å². The number of aliphatic hydroxyl groups excluding tert-OH is 2. The highest BCUT2D eigenvalue weighted by Gasteiger charge is 2.22. The summed E-state index contributed by atoms with van der Waals surface area (Å²) in [7, 11) is 0. The van der Waals surface area contributed by atoms with Crippen molar-refractivity contribution in [3.05, 3.63) is 30.0 Å². The quantitative estimate of drug-likeness (QED) is 0.589. The number of H-pyrrole nitrogens is 1. The number of carbonyl (C=O) groups excluding carboxylic acids is 1. The highest BCUT2D eigenvalue weighted by Crippen LogP contribution is 2.25. The average molecular weight is 235 g/mol. The molecule has 1 aromatic heterocycles. The molecule has 0 aliphatic rings. The van der Waals surface area contributed by atoms with Gasteiger partial charge in [-0.05, 0) is 11.6 Å². The third-order valence-electron chi connectivity index (χ3n) is 2.61. The fourth-order valence-corrected chi connectivity index (χ4v) is 1.77. The summed E-state index contributed by atoms with van der Waals surface area (Å²) >= 11 is 0. The number of primary amides is 1. The van der Waals surface area contributed by atoms with Crippen molar-refractivity contribution in [1.29, 1.82) is 0 Å². The normalized spacial score (nSPS) is 14.7. The maximum absolute atomic E-state index is 10.7. The van der Waals surface area contributed by atoms with E-state index in [0.29, 0.717) is 10.9 Å². The van der Waals surface area contributed by atoms with Crippen LogP contribution in [0.15, 0.2) is 24.4 Å². The molecule has 0 aliphatic heterocycles. The number of carbonyl (C=O) groups is 1. The summed E-state index contributed by atoms with van der Waals surface area (Å²) in [6.07, 6.45) is -1.10. The number of hydrogen-bond acceptors (Lipinski definition) is 4. The van der Waals surface area contributed by atoms with Crippen LogP contribution in [-0.2, 0) is 4.79 Å². The molecule has 6 heteroatoms. The number of aliphatic hydroxyl groups is 2. The fourth-order valence-electron chi connectivity index (χ4n) is 1.77. The van der Waals surface area contributed by atoms with Gasteiger partial charge >= 0.3 is 0 Å². The number of nitrogens with two attached hydrogens (primary N) is 1. The Labute approximate surface area is 97.1 Å². The highest BCUT2D eigenvalue weighted by molar-refractivity contribution is 5.82. The molecule has 0 saturated heterocycles.